The molecule has 0 bridgehead atoms. The summed E-state index contributed by atoms with van der Waals surface area (Å²) >= 11 is 12.0. The van der Waals surface area contributed by atoms with Gasteiger partial charge in [0, 0.05) is 11.0 Å². The molecule has 3 rings (SSSR count). The van der Waals surface area contributed by atoms with Gasteiger partial charge < -0.3 is 14.7 Å². The average Bonchev–Trinajstić information content (AvgIpc) is 2.62. The van der Waals surface area contributed by atoms with E-state index in [1.165, 1.54) is 12.1 Å². The number of carbonyl (C=O) groups excluding carboxylic acids is 1. The number of carbonyl (C=O) groups is 1. The molecular formula is C18H14Cl2N2O4. The van der Waals surface area contributed by atoms with Crippen molar-refractivity contribution in [3.63, 3.8) is 0 Å². The normalized spacial score (nSPS) is 10.9. The Kier molecular flexibility index (Phi) is 5.15. The van der Waals surface area contributed by atoms with E-state index >= 15 is 0 Å². The summed E-state index contributed by atoms with van der Waals surface area (Å²) in [6.45, 7) is 1.84. The molecule has 6 nitrogen and oxygen atoms in total. The standard InChI is InChI=1S/C18H14Cl2N2O4/c1-2-26-17(23)10-16-18(11-6-4-3-5-7-11)22(25)15-9-13(20)12(19)8-14(15)21(16)24/h3-9H,2,10H2,1H3. The zero-order valence-corrected chi connectivity index (χ0v) is 15.3. The highest BCUT2D eigenvalue weighted by Gasteiger charge is 2.26. The van der Waals surface area contributed by atoms with Gasteiger partial charge in [0.2, 0.25) is 0 Å². The Morgan fingerprint density at radius 3 is 2.50 bits per heavy atom. The van der Waals surface area contributed by atoms with E-state index in [1.807, 2.05) is 0 Å². The molecule has 0 radical (unpaired) electrons. The maximum absolute atomic E-state index is 13.0. The molecule has 0 aliphatic heterocycles. The summed E-state index contributed by atoms with van der Waals surface area (Å²) in [5.41, 5.74) is 0.628. The summed E-state index contributed by atoms with van der Waals surface area (Å²) in [7, 11) is 0. The van der Waals surface area contributed by atoms with Crippen molar-refractivity contribution in [2.24, 2.45) is 0 Å². The summed E-state index contributed by atoms with van der Waals surface area (Å²) in [4.78, 5) is 25.0. The Labute approximate surface area is 158 Å². The molecule has 0 aliphatic rings. The van der Waals surface area contributed by atoms with Crippen LogP contribution in [0.25, 0.3) is 22.3 Å². The molecule has 0 saturated heterocycles. The van der Waals surface area contributed by atoms with E-state index in [-0.39, 0.29) is 45.5 Å². The Morgan fingerprint density at radius 2 is 1.85 bits per heavy atom. The van der Waals surface area contributed by atoms with Crippen LogP contribution >= 0.6 is 23.2 Å². The number of rotatable bonds is 4. The van der Waals surface area contributed by atoms with E-state index < -0.39 is 5.97 Å². The van der Waals surface area contributed by atoms with Crippen LogP contribution in [0.2, 0.25) is 10.0 Å². The van der Waals surface area contributed by atoms with Crippen LogP contribution in [0.15, 0.2) is 42.5 Å². The molecule has 2 aromatic carbocycles. The van der Waals surface area contributed by atoms with Gasteiger partial charge in [0.05, 0.1) is 33.1 Å². The lowest BCUT2D eigenvalue weighted by molar-refractivity contribution is -0.452. The second kappa shape index (κ2) is 7.35. The Bertz CT molecular complexity index is 1050. The van der Waals surface area contributed by atoms with Crippen LogP contribution in [0.5, 0.6) is 0 Å². The van der Waals surface area contributed by atoms with E-state index in [0.717, 1.165) is 0 Å². The van der Waals surface area contributed by atoms with Crippen LogP contribution in [-0.2, 0) is 16.0 Å². The van der Waals surface area contributed by atoms with Gasteiger partial charge in [-0.1, -0.05) is 41.4 Å². The molecule has 134 valence electrons. The van der Waals surface area contributed by atoms with Crippen molar-refractivity contribution in [1.29, 1.82) is 0 Å². The van der Waals surface area contributed by atoms with Gasteiger partial charge in [-0.3, -0.25) is 4.79 Å². The number of nitrogens with zero attached hydrogens (tertiary/aromatic N) is 2. The first-order valence-corrected chi connectivity index (χ1v) is 8.57. The number of ether oxygens (including phenoxy) is 1. The molecule has 0 fully saturated rings. The molecule has 0 spiro atoms. The van der Waals surface area contributed by atoms with E-state index in [2.05, 4.69) is 0 Å². The second-order valence-electron chi connectivity index (χ2n) is 5.49. The summed E-state index contributed by atoms with van der Waals surface area (Å²) in [5, 5.41) is 13.2. The van der Waals surface area contributed by atoms with Crippen molar-refractivity contribution in [2.45, 2.75) is 13.3 Å². The van der Waals surface area contributed by atoms with Crippen molar-refractivity contribution in [3.05, 3.63) is 68.3 Å². The van der Waals surface area contributed by atoms with Gasteiger partial charge in [0.1, 0.15) is 11.2 Å². The predicted octanol–water partition coefficient (Wildman–Crippen LogP) is 3.98. The summed E-state index contributed by atoms with van der Waals surface area (Å²) < 4.78 is 6.06. The lowest BCUT2D eigenvalue weighted by Gasteiger charge is -2.19. The van der Waals surface area contributed by atoms with E-state index in [0.29, 0.717) is 14.7 Å². The molecule has 0 saturated carbocycles. The number of fused-ring (bicyclic) bond motifs is 1. The number of esters is 1. The molecule has 0 atom stereocenters. The first-order valence-electron chi connectivity index (χ1n) is 7.81. The number of halogens is 2. The average molecular weight is 393 g/mol. The fourth-order valence-corrected chi connectivity index (χ4v) is 3.03. The number of aromatic nitrogens is 2. The monoisotopic (exact) mass is 392 g/mol. The maximum atomic E-state index is 13.0. The van der Waals surface area contributed by atoms with Gasteiger partial charge in [-0.05, 0) is 25.1 Å². The van der Waals surface area contributed by atoms with Crippen molar-refractivity contribution < 1.29 is 14.0 Å². The minimum Gasteiger partial charge on any atom is -0.805 e. The first kappa shape index (κ1) is 18.2. The molecule has 26 heavy (non-hydrogen) atoms. The predicted molar refractivity (Wildman–Crippen MR) is 99.9 cm³/mol. The Balaban J connectivity index is 2.38. The molecule has 0 amide bonds. The number of benzene rings is 2. The molecule has 0 unspecified atom stereocenters. The third-order valence-electron chi connectivity index (χ3n) is 3.84. The summed E-state index contributed by atoms with van der Waals surface area (Å²) in [6.07, 6.45) is -0.347. The summed E-state index contributed by atoms with van der Waals surface area (Å²) in [6, 6.07) is 11.3. The summed E-state index contributed by atoms with van der Waals surface area (Å²) in [5.74, 6) is -0.603. The quantitative estimate of drug-likeness (QED) is 0.496. The fourth-order valence-electron chi connectivity index (χ4n) is 2.71. The second-order valence-corrected chi connectivity index (χ2v) is 6.30. The lowest BCUT2D eigenvalue weighted by Crippen LogP contribution is -2.27. The van der Waals surface area contributed by atoms with E-state index in [4.69, 9.17) is 27.9 Å². The zero-order valence-electron chi connectivity index (χ0n) is 13.7. The lowest BCUT2D eigenvalue weighted by atomic mass is 10.1. The minimum absolute atomic E-state index is 0.0180. The Hall–Kier alpha value is -2.57. The Morgan fingerprint density at radius 1 is 1.19 bits per heavy atom. The van der Waals surface area contributed by atoms with Gasteiger partial charge in [-0.2, -0.15) is 0 Å². The topological polar surface area (TPSA) is 77.3 Å². The molecule has 1 heterocycles. The fraction of sp³-hybridized carbons (Fsp3) is 0.167. The van der Waals surface area contributed by atoms with Crippen LogP contribution in [0.1, 0.15) is 12.6 Å². The largest absolute Gasteiger partial charge is 0.805 e. The van der Waals surface area contributed by atoms with Crippen molar-refractivity contribution in [1.82, 2.24) is 4.73 Å². The number of hydrogen-bond acceptors (Lipinski definition) is 4. The third kappa shape index (κ3) is 3.25. The van der Waals surface area contributed by atoms with Crippen molar-refractivity contribution in [3.8, 4) is 11.3 Å². The molecule has 8 heteroatoms. The smallest absolute Gasteiger partial charge is 0.312 e. The maximum Gasteiger partial charge on any atom is 0.312 e. The highest BCUT2D eigenvalue weighted by Crippen LogP contribution is 2.29. The minimum atomic E-state index is -0.603. The van der Waals surface area contributed by atoms with Crippen LogP contribution in [0.3, 0.4) is 0 Å². The number of hydrogen-bond donors (Lipinski definition) is 0. The molecule has 1 aromatic heterocycles. The van der Waals surface area contributed by atoms with Crippen LogP contribution < -0.4 is 4.43 Å². The van der Waals surface area contributed by atoms with Crippen molar-refractivity contribution >= 4 is 40.2 Å². The van der Waals surface area contributed by atoms with E-state index in [9.17, 15) is 14.9 Å². The van der Waals surface area contributed by atoms with Gasteiger partial charge in [-0.25, -0.2) is 0 Å². The highest BCUT2D eigenvalue weighted by molar-refractivity contribution is 6.42. The molecule has 0 N–H and O–H groups in total. The van der Waals surface area contributed by atoms with E-state index in [1.54, 1.807) is 37.3 Å². The van der Waals surface area contributed by atoms with Crippen LogP contribution in [-0.4, -0.2) is 17.3 Å². The molecule has 3 aromatic rings. The third-order valence-corrected chi connectivity index (χ3v) is 4.56. The first-order chi connectivity index (χ1) is 12.4. The van der Waals surface area contributed by atoms with Gasteiger partial charge in [0.25, 0.3) is 11.2 Å². The molecular weight excluding hydrogens is 379 g/mol. The zero-order chi connectivity index (χ0) is 18.8. The van der Waals surface area contributed by atoms with Gasteiger partial charge >= 0.3 is 5.97 Å². The highest BCUT2D eigenvalue weighted by atomic mass is 35.5. The van der Waals surface area contributed by atoms with Gasteiger partial charge in [-0.15, -0.1) is 0 Å². The van der Waals surface area contributed by atoms with Gasteiger partial charge in [0.15, 0.2) is 0 Å². The van der Waals surface area contributed by atoms with Crippen molar-refractivity contribution in [2.75, 3.05) is 6.61 Å². The van der Waals surface area contributed by atoms with Crippen LogP contribution in [0, 0.1) is 10.1 Å². The SMILES string of the molecule is CCOC(=O)Cc1c(-c2ccccc2)[n+](=O)c2cc(Cl)c(Cl)cc2n1[O-]. The molecule has 0 aliphatic carbocycles. The van der Waals surface area contributed by atoms with Crippen LogP contribution in [0.4, 0.5) is 0 Å².